The maximum atomic E-state index is 12.2. The Morgan fingerprint density at radius 1 is 1.38 bits per heavy atom. The van der Waals surface area contributed by atoms with Gasteiger partial charge >= 0.3 is 0 Å². The van der Waals surface area contributed by atoms with E-state index in [0.717, 1.165) is 5.56 Å². The van der Waals surface area contributed by atoms with Gasteiger partial charge < -0.3 is 15.2 Å². The van der Waals surface area contributed by atoms with Crippen LogP contribution in [0.5, 0.6) is 11.5 Å². The Hall–Kier alpha value is -1.96. The Bertz CT molecular complexity index is 931. The molecule has 0 saturated carbocycles. The number of benzene rings is 2. The summed E-state index contributed by atoms with van der Waals surface area (Å²) in [4.78, 5) is 17.1. The Labute approximate surface area is 168 Å². The minimum absolute atomic E-state index is 0.0264. The third-order valence-electron chi connectivity index (χ3n) is 3.37. The average molecular weight is 454 g/mol. The number of ether oxygens (including phenoxy) is 1. The molecule has 0 bridgehead atoms. The van der Waals surface area contributed by atoms with E-state index in [1.807, 2.05) is 19.1 Å². The predicted octanol–water partition coefficient (Wildman–Crippen LogP) is 5.10. The summed E-state index contributed by atoms with van der Waals surface area (Å²) in [6, 6.07) is 10.5. The topological polar surface area (TPSA) is 70.9 Å². The summed E-state index contributed by atoms with van der Waals surface area (Å²) in [6.45, 7) is 2.25. The van der Waals surface area contributed by atoms with Crippen LogP contribution in [0, 0.1) is 0 Å². The van der Waals surface area contributed by atoms with Gasteiger partial charge in [0.1, 0.15) is 0 Å². The molecule has 1 heterocycles. The number of amidine groups is 1. The van der Waals surface area contributed by atoms with Crippen molar-refractivity contribution < 1.29 is 14.6 Å². The number of hydrogen-bond donors (Lipinski definition) is 2. The van der Waals surface area contributed by atoms with Crippen molar-refractivity contribution in [1.82, 2.24) is 5.32 Å². The van der Waals surface area contributed by atoms with Crippen LogP contribution < -0.4 is 10.1 Å². The van der Waals surface area contributed by atoms with E-state index in [-0.39, 0.29) is 11.7 Å². The molecule has 1 aliphatic rings. The van der Waals surface area contributed by atoms with Crippen molar-refractivity contribution in [3.63, 3.8) is 0 Å². The highest BCUT2D eigenvalue weighted by molar-refractivity contribution is 9.10. The SMILES string of the molecule is CCOc1cc(/C=C2/SC(=Nc3ccccc3Cl)NC2=O)cc(Br)c1O. The van der Waals surface area contributed by atoms with Crippen molar-refractivity contribution in [2.75, 3.05) is 6.61 Å². The van der Waals surface area contributed by atoms with Crippen molar-refractivity contribution in [3.8, 4) is 11.5 Å². The van der Waals surface area contributed by atoms with E-state index < -0.39 is 0 Å². The molecule has 0 radical (unpaired) electrons. The highest BCUT2D eigenvalue weighted by Gasteiger charge is 2.24. The zero-order chi connectivity index (χ0) is 18.7. The molecule has 1 saturated heterocycles. The van der Waals surface area contributed by atoms with Crippen LogP contribution in [0.15, 0.2) is 50.8 Å². The normalized spacial score (nSPS) is 17.0. The number of phenols is 1. The zero-order valence-corrected chi connectivity index (χ0v) is 16.8. The van der Waals surface area contributed by atoms with E-state index in [9.17, 15) is 9.90 Å². The lowest BCUT2D eigenvalue weighted by molar-refractivity contribution is -0.115. The van der Waals surface area contributed by atoms with Crippen LogP contribution in [0.25, 0.3) is 6.08 Å². The van der Waals surface area contributed by atoms with Crippen molar-refractivity contribution in [3.05, 3.63) is 56.4 Å². The number of nitrogens with one attached hydrogen (secondary N) is 1. The minimum atomic E-state index is -0.247. The average Bonchev–Trinajstić information content (AvgIpc) is 2.94. The van der Waals surface area contributed by atoms with Gasteiger partial charge in [-0.1, -0.05) is 23.7 Å². The number of halogens is 2. The first kappa shape index (κ1) is 18.8. The lowest BCUT2D eigenvalue weighted by Gasteiger charge is -2.08. The maximum Gasteiger partial charge on any atom is 0.264 e. The van der Waals surface area contributed by atoms with Crippen molar-refractivity contribution in [1.29, 1.82) is 0 Å². The Morgan fingerprint density at radius 2 is 2.15 bits per heavy atom. The molecule has 1 aliphatic heterocycles. The van der Waals surface area contributed by atoms with Crippen LogP contribution in [0.4, 0.5) is 5.69 Å². The number of amides is 1. The second kappa shape index (κ2) is 8.16. The van der Waals surface area contributed by atoms with E-state index in [0.29, 0.717) is 37.6 Å². The third kappa shape index (κ3) is 4.23. The van der Waals surface area contributed by atoms with E-state index >= 15 is 0 Å². The molecule has 0 aliphatic carbocycles. The number of carbonyl (C=O) groups excluding carboxylic acids is 1. The molecule has 1 fully saturated rings. The van der Waals surface area contributed by atoms with Crippen LogP contribution in [0.1, 0.15) is 12.5 Å². The molecular formula is C18H14BrClN2O3S. The van der Waals surface area contributed by atoms with Gasteiger partial charge in [-0.05, 0) is 70.5 Å². The van der Waals surface area contributed by atoms with Crippen molar-refractivity contribution >= 4 is 62.1 Å². The fraction of sp³-hybridized carbons (Fsp3) is 0.111. The van der Waals surface area contributed by atoms with Gasteiger partial charge in [0.2, 0.25) is 0 Å². The number of aromatic hydroxyl groups is 1. The van der Waals surface area contributed by atoms with Gasteiger partial charge in [-0.2, -0.15) is 0 Å². The number of carbonyl (C=O) groups is 1. The summed E-state index contributed by atoms with van der Waals surface area (Å²) < 4.78 is 5.90. The van der Waals surface area contributed by atoms with Crippen molar-refractivity contribution in [2.45, 2.75) is 6.92 Å². The van der Waals surface area contributed by atoms with Gasteiger partial charge in [-0.25, -0.2) is 4.99 Å². The monoisotopic (exact) mass is 452 g/mol. The lowest BCUT2D eigenvalue weighted by Crippen LogP contribution is -2.19. The first-order valence-corrected chi connectivity index (χ1v) is 9.66. The predicted molar refractivity (Wildman–Crippen MR) is 109 cm³/mol. The van der Waals surface area contributed by atoms with Crippen LogP contribution >= 0.6 is 39.3 Å². The number of aliphatic imine (C=N–C) groups is 1. The van der Waals surface area contributed by atoms with Crippen molar-refractivity contribution in [2.24, 2.45) is 4.99 Å². The van der Waals surface area contributed by atoms with Crippen LogP contribution in [-0.4, -0.2) is 22.8 Å². The van der Waals surface area contributed by atoms with Gasteiger partial charge in [0, 0.05) is 0 Å². The molecule has 2 aromatic rings. The second-order valence-corrected chi connectivity index (χ2v) is 7.51. The third-order valence-corrected chi connectivity index (χ3v) is 5.21. The molecule has 0 atom stereocenters. The molecule has 2 aromatic carbocycles. The summed E-state index contributed by atoms with van der Waals surface area (Å²) >= 11 is 10.6. The number of hydrogen-bond acceptors (Lipinski definition) is 5. The quantitative estimate of drug-likeness (QED) is 0.632. The van der Waals surface area contributed by atoms with Gasteiger partial charge in [-0.3, -0.25) is 4.79 Å². The molecular weight excluding hydrogens is 440 g/mol. The molecule has 26 heavy (non-hydrogen) atoms. The maximum absolute atomic E-state index is 12.2. The summed E-state index contributed by atoms with van der Waals surface area (Å²) in [6.07, 6.45) is 1.71. The Kier molecular flexibility index (Phi) is 5.90. The number of phenolic OH excluding ortho intramolecular Hbond substituents is 1. The molecule has 3 rings (SSSR count). The summed E-state index contributed by atoms with van der Waals surface area (Å²) in [5.41, 5.74) is 1.30. The number of nitrogens with zero attached hydrogens (tertiary/aromatic N) is 1. The first-order valence-electron chi connectivity index (χ1n) is 7.67. The van der Waals surface area contributed by atoms with E-state index in [1.54, 1.807) is 30.3 Å². The van der Waals surface area contributed by atoms with Gasteiger partial charge in [0.25, 0.3) is 5.91 Å². The molecule has 2 N–H and O–H groups in total. The second-order valence-electron chi connectivity index (χ2n) is 5.22. The van der Waals surface area contributed by atoms with Crippen LogP contribution in [-0.2, 0) is 4.79 Å². The smallest absolute Gasteiger partial charge is 0.264 e. The van der Waals surface area contributed by atoms with E-state index in [1.165, 1.54) is 11.8 Å². The molecule has 134 valence electrons. The number of thioether (sulfide) groups is 1. The molecule has 0 spiro atoms. The Morgan fingerprint density at radius 3 is 2.88 bits per heavy atom. The molecule has 0 aromatic heterocycles. The summed E-state index contributed by atoms with van der Waals surface area (Å²) in [7, 11) is 0. The number of para-hydroxylation sites is 1. The summed E-state index contributed by atoms with van der Waals surface area (Å²) in [5, 5.41) is 13.7. The zero-order valence-electron chi connectivity index (χ0n) is 13.6. The highest BCUT2D eigenvalue weighted by atomic mass is 79.9. The fourth-order valence-corrected chi connectivity index (χ4v) is 3.70. The van der Waals surface area contributed by atoms with Gasteiger partial charge in [-0.15, -0.1) is 0 Å². The number of rotatable bonds is 4. The van der Waals surface area contributed by atoms with Crippen LogP contribution in [0.2, 0.25) is 5.02 Å². The fourth-order valence-electron chi connectivity index (χ4n) is 2.23. The highest BCUT2D eigenvalue weighted by Crippen LogP contribution is 2.37. The Balaban J connectivity index is 1.89. The van der Waals surface area contributed by atoms with Gasteiger partial charge in [0.15, 0.2) is 16.7 Å². The minimum Gasteiger partial charge on any atom is -0.503 e. The van der Waals surface area contributed by atoms with Gasteiger partial charge in [0.05, 0.1) is 26.7 Å². The van der Waals surface area contributed by atoms with E-state index in [4.69, 9.17) is 16.3 Å². The van der Waals surface area contributed by atoms with E-state index in [2.05, 4.69) is 26.2 Å². The van der Waals surface area contributed by atoms with Crippen LogP contribution in [0.3, 0.4) is 0 Å². The largest absolute Gasteiger partial charge is 0.503 e. The molecule has 0 unspecified atom stereocenters. The standard InChI is InChI=1S/C18H14BrClN2O3S/c1-2-25-14-8-10(7-11(19)16(14)23)9-15-17(24)22-18(26-15)21-13-6-4-3-5-12(13)20/h3-9,23H,2H2,1H3,(H,21,22,24)/b15-9+. The molecule has 5 nitrogen and oxygen atoms in total. The summed E-state index contributed by atoms with van der Waals surface area (Å²) in [5.74, 6) is 0.128. The molecule has 1 amide bonds. The molecule has 8 heteroatoms. The lowest BCUT2D eigenvalue weighted by atomic mass is 10.2. The first-order chi connectivity index (χ1) is 12.5.